The van der Waals surface area contributed by atoms with Crippen molar-refractivity contribution in [3.8, 4) is 5.69 Å². The summed E-state index contributed by atoms with van der Waals surface area (Å²) in [6.45, 7) is 5.21. The maximum atomic E-state index is 13.6. The van der Waals surface area contributed by atoms with Crippen LogP contribution >= 0.6 is 34.8 Å². The lowest BCUT2D eigenvalue weighted by molar-refractivity contribution is -0.187. The minimum absolute atomic E-state index is 0.00323. The van der Waals surface area contributed by atoms with Gasteiger partial charge < -0.3 is 9.80 Å². The third kappa shape index (κ3) is 6.17. The highest BCUT2D eigenvalue weighted by Gasteiger charge is 2.44. The number of piperazine rings is 1. The Hall–Kier alpha value is -3.05. The van der Waals surface area contributed by atoms with Crippen molar-refractivity contribution in [2.45, 2.75) is 26.1 Å². The summed E-state index contributed by atoms with van der Waals surface area (Å²) in [5.41, 5.74) is 3.99. The molecule has 5 rings (SSSR count). The number of benzene rings is 2. The second-order valence-corrected chi connectivity index (χ2v) is 11.7. The summed E-state index contributed by atoms with van der Waals surface area (Å²) in [5.74, 6) is -2.06. The van der Waals surface area contributed by atoms with Crippen LogP contribution in [0.25, 0.3) is 17.3 Å². The average Bonchev–Trinajstić information content (AvgIpc) is 3.25. The number of amides is 2. The van der Waals surface area contributed by atoms with Crippen molar-refractivity contribution in [1.82, 2.24) is 24.5 Å². The summed E-state index contributed by atoms with van der Waals surface area (Å²) < 4.78 is 40.0. The third-order valence-corrected chi connectivity index (χ3v) is 8.39. The van der Waals surface area contributed by atoms with Crippen molar-refractivity contribution in [2.24, 2.45) is 0 Å². The summed E-state index contributed by atoms with van der Waals surface area (Å²) in [6.07, 6.45) is -2.90. The quantitative estimate of drug-likeness (QED) is 0.332. The van der Waals surface area contributed by atoms with E-state index in [1.165, 1.54) is 0 Å². The van der Waals surface area contributed by atoms with Gasteiger partial charge in [-0.2, -0.15) is 18.3 Å². The summed E-state index contributed by atoms with van der Waals surface area (Å²) in [6, 6.07) is 12.4. The van der Waals surface area contributed by atoms with Crippen molar-refractivity contribution in [1.29, 1.82) is 0 Å². The van der Waals surface area contributed by atoms with Gasteiger partial charge in [0.1, 0.15) is 0 Å². The molecule has 42 heavy (non-hydrogen) atoms. The Labute approximate surface area is 256 Å². The molecule has 0 radical (unpaired) electrons. The standard InChI is InChI=1S/C29H27Cl3F3N5O2/c1-17(13-19-3-5-20(30)6-4-19)26-18(2)25(36-40(26)24-8-7-21(31)14-23(24)32)27(41)39-15-22(16-39)37-9-11-38(12-10-37)28(42)29(33,34)35/h3-8,13-14,22H,9-12,15-16H2,1-2H3/b17-13-. The van der Waals surface area contributed by atoms with Gasteiger partial charge in [0.05, 0.1) is 16.4 Å². The number of aromatic nitrogens is 2. The predicted molar refractivity (Wildman–Crippen MR) is 157 cm³/mol. The molecule has 0 aliphatic carbocycles. The van der Waals surface area contributed by atoms with E-state index in [1.807, 2.05) is 37.0 Å². The molecule has 3 heterocycles. The number of hydrogen-bond acceptors (Lipinski definition) is 4. The van der Waals surface area contributed by atoms with E-state index < -0.39 is 12.1 Å². The van der Waals surface area contributed by atoms with Gasteiger partial charge in [0.25, 0.3) is 5.91 Å². The van der Waals surface area contributed by atoms with Gasteiger partial charge in [-0.25, -0.2) is 4.68 Å². The van der Waals surface area contributed by atoms with Crippen LogP contribution in [-0.2, 0) is 4.79 Å². The van der Waals surface area contributed by atoms with Gasteiger partial charge in [0.2, 0.25) is 0 Å². The molecule has 1 aromatic heterocycles. The molecule has 13 heteroatoms. The van der Waals surface area contributed by atoms with Crippen LogP contribution in [0, 0.1) is 6.92 Å². The molecule has 0 unspecified atom stereocenters. The molecule has 2 aliphatic heterocycles. The van der Waals surface area contributed by atoms with Gasteiger partial charge in [-0.3, -0.25) is 14.5 Å². The van der Waals surface area contributed by atoms with E-state index in [0.29, 0.717) is 58.2 Å². The lowest BCUT2D eigenvalue weighted by atomic mass is 10.0. The number of nitrogens with zero attached hydrogens (tertiary/aromatic N) is 5. The minimum Gasteiger partial charge on any atom is -0.334 e. The van der Waals surface area contributed by atoms with E-state index in [2.05, 4.69) is 0 Å². The molecule has 222 valence electrons. The van der Waals surface area contributed by atoms with Gasteiger partial charge in [-0.1, -0.05) is 46.9 Å². The second kappa shape index (κ2) is 11.9. The highest BCUT2D eigenvalue weighted by Crippen LogP contribution is 2.32. The maximum Gasteiger partial charge on any atom is 0.471 e. The first-order valence-corrected chi connectivity index (χ1v) is 14.4. The SMILES string of the molecule is C/C(=C/c1ccc(Cl)cc1)c1c(C)c(C(=O)N2CC(N3CCN(C(=O)C(F)(F)F)CC3)C2)nn1-c1ccc(Cl)cc1Cl. The number of carbonyl (C=O) groups excluding carboxylic acids is 2. The van der Waals surface area contributed by atoms with E-state index in [-0.39, 0.29) is 30.7 Å². The van der Waals surface area contributed by atoms with Crippen LogP contribution in [0.4, 0.5) is 13.2 Å². The Bertz CT molecular complexity index is 1540. The van der Waals surface area contributed by atoms with Crippen molar-refractivity contribution in [3.05, 3.63) is 80.0 Å². The largest absolute Gasteiger partial charge is 0.471 e. The first-order valence-electron chi connectivity index (χ1n) is 13.2. The Morgan fingerprint density at radius 3 is 2.14 bits per heavy atom. The molecule has 2 aliphatic rings. The van der Waals surface area contributed by atoms with Crippen LogP contribution in [0.15, 0.2) is 42.5 Å². The number of allylic oxidation sites excluding steroid dienone is 1. The molecule has 0 atom stereocenters. The van der Waals surface area contributed by atoms with Crippen molar-refractivity contribution < 1.29 is 22.8 Å². The van der Waals surface area contributed by atoms with Crippen LogP contribution in [0.5, 0.6) is 0 Å². The first kappa shape index (κ1) is 30.4. The van der Waals surface area contributed by atoms with Gasteiger partial charge in [-0.05, 0) is 61.4 Å². The molecule has 7 nitrogen and oxygen atoms in total. The summed E-state index contributed by atoms with van der Waals surface area (Å²) >= 11 is 18.7. The lowest BCUT2D eigenvalue weighted by Gasteiger charge is -2.48. The van der Waals surface area contributed by atoms with Gasteiger partial charge in [0, 0.05) is 60.9 Å². The van der Waals surface area contributed by atoms with Crippen LogP contribution in [0.2, 0.25) is 15.1 Å². The Morgan fingerprint density at radius 2 is 1.55 bits per heavy atom. The molecule has 0 bridgehead atoms. The molecule has 0 N–H and O–H groups in total. The Kier molecular flexibility index (Phi) is 8.63. The van der Waals surface area contributed by atoms with Crippen LogP contribution in [-0.4, -0.2) is 87.8 Å². The molecule has 2 saturated heterocycles. The molecule has 2 aromatic carbocycles. The fourth-order valence-corrected chi connectivity index (χ4v) is 5.95. The Morgan fingerprint density at radius 1 is 0.929 bits per heavy atom. The molecular formula is C29H27Cl3F3N5O2. The summed E-state index contributed by atoms with van der Waals surface area (Å²) in [7, 11) is 0. The zero-order chi connectivity index (χ0) is 30.3. The van der Waals surface area contributed by atoms with E-state index >= 15 is 0 Å². The van der Waals surface area contributed by atoms with E-state index in [1.54, 1.807) is 39.9 Å². The van der Waals surface area contributed by atoms with Crippen LogP contribution in [0.1, 0.15) is 34.2 Å². The maximum absolute atomic E-state index is 13.6. The molecule has 2 amide bonds. The van der Waals surface area contributed by atoms with Gasteiger partial charge >= 0.3 is 12.1 Å². The van der Waals surface area contributed by atoms with E-state index in [9.17, 15) is 22.8 Å². The third-order valence-electron chi connectivity index (χ3n) is 7.60. The molecule has 3 aromatic rings. The first-order chi connectivity index (χ1) is 19.8. The van der Waals surface area contributed by atoms with Crippen LogP contribution in [0.3, 0.4) is 0 Å². The number of rotatable bonds is 5. The second-order valence-electron chi connectivity index (χ2n) is 10.4. The molecule has 0 saturated carbocycles. The number of likely N-dealkylation sites (tertiary alicyclic amines) is 1. The van der Waals surface area contributed by atoms with Gasteiger partial charge in [0.15, 0.2) is 5.69 Å². The fraction of sp³-hybridized carbons (Fsp3) is 0.345. The van der Waals surface area contributed by atoms with Crippen molar-refractivity contribution in [3.63, 3.8) is 0 Å². The number of hydrogen-bond donors (Lipinski definition) is 0. The molecular weight excluding hydrogens is 614 g/mol. The summed E-state index contributed by atoms with van der Waals surface area (Å²) in [5, 5.41) is 6.17. The number of alkyl halides is 3. The highest BCUT2D eigenvalue weighted by molar-refractivity contribution is 6.35. The Balaban J connectivity index is 1.36. The molecule has 2 fully saturated rings. The lowest BCUT2D eigenvalue weighted by Crippen LogP contribution is -2.65. The molecule has 0 spiro atoms. The van der Waals surface area contributed by atoms with Crippen LogP contribution < -0.4 is 0 Å². The zero-order valence-corrected chi connectivity index (χ0v) is 25.0. The predicted octanol–water partition coefficient (Wildman–Crippen LogP) is 6.23. The smallest absolute Gasteiger partial charge is 0.334 e. The van der Waals surface area contributed by atoms with E-state index in [0.717, 1.165) is 16.0 Å². The van der Waals surface area contributed by atoms with Gasteiger partial charge in [-0.15, -0.1) is 0 Å². The van der Waals surface area contributed by atoms with Crippen molar-refractivity contribution >= 4 is 58.3 Å². The monoisotopic (exact) mass is 639 g/mol. The minimum atomic E-state index is -4.87. The number of halogens is 6. The summed E-state index contributed by atoms with van der Waals surface area (Å²) in [4.78, 5) is 29.7. The average molecular weight is 641 g/mol. The van der Waals surface area contributed by atoms with Crippen molar-refractivity contribution in [2.75, 3.05) is 39.3 Å². The zero-order valence-electron chi connectivity index (χ0n) is 22.8. The highest BCUT2D eigenvalue weighted by atomic mass is 35.5. The topological polar surface area (TPSA) is 61.7 Å². The normalized spacial score (nSPS) is 17.0. The fourth-order valence-electron chi connectivity index (χ4n) is 5.34. The number of carbonyl (C=O) groups is 2. The van der Waals surface area contributed by atoms with E-state index in [4.69, 9.17) is 39.9 Å².